The Morgan fingerprint density at radius 1 is 0.814 bits per heavy atom. The number of anilines is 4. The van der Waals surface area contributed by atoms with Crippen molar-refractivity contribution in [3.8, 4) is 11.5 Å². The number of amidine groups is 1. The van der Waals surface area contributed by atoms with Crippen molar-refractivity contribution in [2.24, 2.45) is 10.7 Å². The van der Waals surface area contributed by atoms with E-state index in [0.29, 0.717) is 50.3 Å². The number of thioether (sulfide) groups is 1. The topological polar surface area (TPSA) is 160 Å². The Bertz CT molecular complexity index is 2490. The lowest BCUT2D eigenvalue weighted by atomic mass is 10.0. The first-order chi connectivity index (χ1) is 32.3. The zero-order valence-corrected chi connectivity index (χ0v) is 46.9. The van der Waals surface area contributed by atoms with Gasteiger partial charge in [-0.05, 0) is 183 Å². The third kappa shape index (κ3) is 19.0. The van der Waals surface area contributed by atoms with Crippen LogP contribution < -0.4 is 31.6 Å². The number of alkyl halides is 1. The number of hydrogen-bond acceptors (Lipinski definition) is 12. The van der Waals surface area contributed by atoms with Gasteiger partial charge in [-0.3, -0.25) is 9.59 Å². The minimum atomic E-state index is -0.0807. The zero-order chi connectivity index (χ0) is 49.6. The summed E-state index contributed by atoms with van der Waals surface area (Å²) < 4.78 is 11.8. The molecule has 70 heavy (non-hydrogen) atoms. The van der Waals surface area contributed by atoms with Gasteiger partial charge in [0.2, 0.25) is 5.78 Å². The van der Waals surface area contributed by atoms with Gasteiger partial charge in [0.1, 0.15) is 35.4 Å². The number of carbonyl (C=O) groups is 2. The molecule has 6 N–H and O–H groups in total. The molecule has 0 amide bonds. The zero-order valence-electron chi connectivity index (χ0n) is 41.4. The van der Waals surface area contributed by atoms with E-state index in [2.05, 4.69) is 86.2 Å². The first-order valence-corrected chi connectivity index (χ1v) is 26.1. The van der Waals surface area contributed by atoms with Gasteiger partial charge in [0, 0.05) is 33.6 Å². The Morgan fingerprint density at radius 3 is 1.74 bits per heavy atom. The summed E-state index contributed by atoms with van der Waals surface area (Å²) >= 11 is 11.1. The number of benzene rings is 4. The van der Waals surface area contributed by atoms with E-state index in [1.807, 2.05) is 120 Å². The van der Waals surface area contributed by atoms with E-state index in [4.69, 9.17) is 33.2 Å². The van der Waals surface area contributed by atoms with E-state index in [1.165, 1.54) is 59.9 Å². The molecule has 1 aromatic heterocycles. The monoisotopic (exact) mass is 1090 g/mol. The van der Waals surface area contributed by atoms with E-state index in [9.17, 15) is 9.59 Å². The van der Waals surface area contributed by atoms with Gasteiger partial charge < -0.3 is 41.4 Å². The Hall–Kier alpha value is -4.41. The van der Waals surface area contributed by atoms with Crippen molar-refractivity contribution in [1.82, 2.24) is 14.8 Å². The highest BCUT2D eigenvalue weighted by atomic mass is 79.9. The molecular formula is C53H74BrN8O4PS3. The number of rotatable bonds is 18. The normalized spacial score (nSPS) is 13.3. The first-order valence-electron chi connectivity index (χ1n) is 22.7. The van der Waals surface area contributed by atoms with E-state index in [0.717, 1.165) is 40.1 Å². The fraction of sp³-hybridized carbons (Fsp3) is 0.415. The van der Waals surface area contributed by atoms with E-state index >= 15 is 0 Å². The van der Waals surface area contributed by atoms with Gasteiger partial charge in [-0.1, -0.05) is 89.8 Å². The molecule has 380 valence electrons. The molecule has 0 saturated heterocycles. The highest BCUT2D eigenvalue weighted by molar-refractivity contribution is 9.09. The van der Waals surface area contributed by atoms with Gasteiger partial charge in [-0.2, -0.15) is 14.9 Å². The highest BCUT2D eigenvalue weighted by Crippen LogP contribution is 2.41. The predicted octanol–water partition coefficient (Wildman–Crippen LogP) is 12.3. The number of carbonyl (C=O) groups excluding carboxylic acids is 2. The lowest BCUT2D eigenvalue weighted by Crippen LogP contribution is -2.43. The minimum absolute atomic E-state index is 0. The lowest BCUT2D eigenvalue weighted by molar-refractivity contribution is 0.102. The van der Waals surface area contributed by atoms with Crippen LogP contribution in [0.2, 0.25) is 0 Å². The number of nitrogens with one attached hydrogen (secondary N) is 2. The second-order valence-electron chi connectivity index (χ2n) is 18.4. The predicted molar refractivity (Wildman–Crippen MR) is 311 cm³/mol. The minimum Gasteiger partial charge on any atom is -0.492 e. The fourth-order valence-corrected chi connectivity index (χ4v) is 8.01. The maximum atomic E-state index is 13.0. The number of aromatic nitrogens is 1. The molecule has 0 spiro atoms. The van der Waals surface area contributed by atoms with Crippen molar-refractivity contribution in [2.75, 3.05) is 68.9 Å². The largest absolute Gasteiger partial charge is 0.492 e. The van der Waals surface area contributed by atoms with Crippen LogP contribution in [0.15, 0.2) is 102 Å². The molecule has 1 unspecified atom stereocenters. The van der Waals surface area contributed by atoms with Gasteiger partial charge >= 0.3 is 0 Å². The SMILES string of the molecule is C.CCSC(N)=NC(=S)Nc1ccc(OCC(C)(C)N(C)C)cc1.CN(C)C(C)(C)COc1ccc(Nc2nc(N)c(C(=O)c3cccc(C4CC4)c3)s2)cc1.O=C(CBr)c1cccc(C2CC2)c1.P. The van der Waals surface area contributed by atoms with Crippen molar-refractivity contribution in [3.05, 3.63) is 124 Å². The number of nitrogens with zero attached hydrogens (tertiary/aromatic N) is 4. The highest BCUT2D eigenvalue weighted by Gasteiger charge is 2.26. The molecule has 2 aliphatic rings. The van der Waals surface area contributed by atoms with Crippen molar-refractivity contribution < 1.29 is 19.1 Å². The number of nitrogen functional groups attached to an aromatic ring is 1. The van der Waals surface area contributed by atoms with E-state index < -0.39 is 0 Å². The molecule has 2 fully saturated rings. The molecule has 0 bridgehead atoms. The van der Waals surface area contributed by atoms with Crippen molar-refractivity contribution in [1.29, 1.82) is 0 Å². The molecule has 5 aromatic rings. The molecule has 1 heterocycles. The third-order valence-electron chi connectivity index (χ3n) is 11.8. The summed E-state index contributed by atoms with van der Waals surface area (Å²) in [6.07, 6.45) is 4.97. The number of likely N-dealkylation sites (N-methyl/N-ethyl adjacent to an activating group) is 2. The smallest absolute Gasteiger partial charge is 0.206 e. The second-order valence-corrected chi connectivity index (χ2v) is 21.6. The number of hydrogen-bond donors (Lipinski definition) is 4. The standard InChI is InChI=1S/C25H30N4O2S.C16H26N4OS2.C11H11BrO.CH4.H3P/c1-25(2,29(3)4)15-31-20-12-10-19(11-13-20)27-24-28-23(26)22(32-24)21(30)18-7-5-6-17(14-18)16-8-9-16;1-6-23-14(17)19-15(22)18-12-7-9-13(10-8-12)21-11-16(2,3)20(4)5;12-7-11(13)10-3-1-2-9(6-10)8-4-5-8;;/h5-7,10-14,16H,8-9,15,26H2,1-4H3,(H,27,28);7-10H,6,11H2,1-5H3,(H3,17,18,19,22);1-3,6,8H,4-5,7H2;1H4;1H3. The van der Waals surface area contributed by atoms with Crippen LogP contribution in [0.1, 0.15) is 116 Å². The summed E-state index contributed by atoms with van der Waals surface area (Å²) in [5.41, 5.74) is 17.5. The number of halogens is 1. The van der Waals surface area contributed by atoms with E-state index in [1.54, 1.807) is 0 Å². The second kappa shape index (κ2) is 28.0. The van der Waals surface area contributed by atoms with Crippen LogP contribution in [-0.4, -0.2) is 100 Å². The van der Waals surface area contributed by atoms with Crippen LogP contribution in [0.3, 0.4) is 0 Å². The number of thiocarbonyl (C=S) groups is 1. The van der Waals surface area contributed by atoms with Crippen LogP contribution in [0.25, 0.3) is 0 Å². The van der Waals surface area contributed by atoms with Crippen LogP contribution in [-0.2, 0) is 0 Å². The maximum absolute atomic E-state index is 13.0. The maximum Gasteiger partial charge on any atom is 0.206 e. The molecule has 4 aromatic carbocycles. The molecular weight excluding hydrogens is 1020 g/mol. The van der Waals surface area contributed by atoms with Crippen molar-refractivity contribution in [3.63, 3.8) is 0 Å². The van der Waals surface area contributed by atoms with Gasteiger partial charge in [-0.15, -0.1) is 0 Å². The van der Waals surface area contributed by atoms with Gasteiger partial charge in [-0.25, -0.2) is 4.98 Å². The molecule has 1 atom stereocenters. The Morgan fingerprint density at radius 2 is 1.29 bits per heavy atom. The number of ether oxygens (including phenoxy) is 2. The molecule has 12 nitrogen and oxygen atoms in total. The lowest BCUT2D eigenvalue weighted by Gasteiger charge is -2.32. The Kier molecular flexibility index (Phi) is 24.0. The summed E-state index contributed by atoms with van der Waals surface area (Å²) in [4.78, 5) is 37.6. The molecule has 17 heteroatoms. The summed E-state index contributed by atoms with van der Waals surface area (Å²) in [6, 6.07) is 31.2. The van der Waals surface area contributed by atoms with Gasteiger partial charge in [0.15, 0.2) is 21.2 Å². The average molecular weight is 1090 g/mol. The number of nitrogens with two attached hydrogens (primary N) is 2. The van der Waals surface area contributed by atoms with E-state index in [-0.39, 0.29) is 45.8 Å². The molecule has 2 saturated carbocycles. The van der Waals surface area contributed by atoms with Crippen LogP contribution in [0.4, 0.5) is 22.3 Å². The summed E-state index contributed by atoms with van der Waals surface area (Å²) in [6.45, 7) is 11.8. The molecule has 0 aliphatic heterocycles. The van der Waals surface area contributed by atoms with Crippen molar-refractivity contribution >= 4 is 105 Å². The fourth-order valence-electron chi connectivity index (χ4n) is 6.09. The summed E-state index contributed by atoms with van der Waals surface area (Å²) in [5.74, 6) is 4.16. The summed E-state index contributed by atoms with van der Waals surface area (Å²) in [7, 11) is 8.17. The average Bonchev–Trinajstić information content (AvgIpc) is 4.26. The third-order valence-corrected chi connectivity index (χ3v) is 14.1. The summed E-state index contributed by atoms with van der Waals surface area (Å²) in [5, 5.41) is 8.10. The van der Waals surface area contributed by atoms with Crippen molar-refractivity contribution in [2.45, 2.75) is 90.6 Å². The number of aliphatic imine (C=N–C) groups is 1. The number of thiazole rings is 1. The number of ketones is 2. The molecule has 7 rings (SSSR count). The van der Waals surface area contributed by atoms with Crippen LogP contribution >= 0.6 is 61.1 Å². The Labute approximate surface area is 442 Å². The molecule has 2 aliphatic carbocycles. The van der Waals surface area contributed by atoms with Gasteiger partial charge in [0.25, 0.3) is 0 Å². The first kappa shape index (κ1) is 59.9. The van der Waals surface area contributed by atoms with Gasteiger partial charge in [0.05, 0.1) is 5.33 Å². The van der Waals surface area contributed by atoms with Crippen LogP contribution in [0, 0.1) is 0 Å². The number of Topliss-reactive ketones (excluding diaryl/α,β-unsaturated/α-hetero) is 1. The Balaban J connectivity index is 0.000000298. The molecule has 0 radical (unpaired) electrons. The van der Waals surface area contributed by atoms with Crippen LogP contribution in [0.5, 0.6) is 11.5 Å². The quantitative estimate of drug-likeness (QED) is 0.0164.